The summed E-state index contributed by atoms with van der Waals surface area (Å²) in [7, 11) is -3.79. The zero-order valence-corrected chi connectivity index (χ0v) is 16.9. The molecule has 2 aromatic carbocycles. The molecule has 2 N–H and O–H groups in total. The Balaban J connectivity index is 1.75. The molecule has 0 saturated carbocycles. The summed E-state index contributed by atoms with van der Waals surface area (Å²) in [5.41, 5.74) is 1.42. The molecule has 0 aliphatic heterocycles. The van der Waals surface area contributed by atoms with Gasteiger partial charge in [-0.1, -0.05) is 6.07 Å². The molecule has 7 nitrogen and oxygen atoms in total. The largest absolute Gasteiger partial charge is 0.494 e. The Labute approximate surface area is 167 Å². The van der Waals surface area contributed by atoms with E-state index in [2.05, 4.69) is 15.0 Å². The summed E-state index contributed by atoms with van der Waals surface area (Å²) in [6, 6.07) is 12.4. The van der Waals surface area contributed by atoms with Crippen molar-refractivity contribution in [3.8, 4) is 5.75 Å². The number of carbonyl (C=O) groups is 1. The molecule has 0 unspecified atom stereocenters. The second-order valence-electron chi connectivity index (χ2n) is 5.84. The molecule has 0 spiro atoms. The molecular weight excluding hydrogens is 398 g/mol. The van der Waals surface area contributed by atoms with Gasteiger partial charge < -0.3 is 4.74 Å². The number of amides is 1. The number of nitrogens with one attached hydrogen (secondary N) is 2. The molecule has 0 saturated heterocycles. The van der Waals surface area contributed by atoms with E-state index in [1.165, 1.54) is 29.5 Å². The van der Waals surface area contributed by atoms with Gasteiger partial charge in [0.15, 0.2) is 5.13 Å². The number of hydrogen-bond donors (Lipinski definition) is 2. The average Bonchev–Trinajstić information content (AvgIpc) is 3.07. The number of nitrogens with zero attached hydrogens (tertiary/aromatic N) is 1. The summed E-state index contributed by atoms with van der Waals surface area (Å²) in [4.78, 5) is 16.7. The van der Waals surface area contributed by atoms with Gasteiger partial charge in [-0.15, -0.1) is 11.3 Å². The van der Waals surface area contributed by atoms with Crippen LogP contribution in [0, 0.1) is 6.92 Å². The number of hydrogen-bond acceptors (Lipinski definition) is 6. The van der Waals surface area contributed by atoms with Gasteiger partial charge >= 0.3 is 0 Å². The van der Waals surface area contributed by atoms with Crippen molar-refractivity contribution in [2.75, 3.05) is 16.6 Å². The first-order valence-electron chi connectivity index (χ1n) is 8.46. The molecule has 1 heterocycles. The molecule has 1 aromatic heterocycles. The van der Waals surface area contributed by atoms with Gasteiger partial charge in [-0.25, -0.2) is 13.4 Å². The van der Waals surface area contributed by atoms with Gasteiger partial charge in [-0.05, 0) is 56.3 Å². The first-order chi connectivity index (χ1) is 13.4. The minimum Gasteiger partial charge on any atom is -0.494 e. The van der Waals surface area contributed by atoms with E-state index in [4.69, 9.17) is 4.74 Å². The number of carbonyl (C=O) groups excluding carboxylic acids is 1. The first kappa shape index (κ1) is 19.8. The van der Waals surface area contributed by atoms with E-state index in [1.807, 2.05) is 19.2 Å². The van der Waals surface area contributed by atoms with Crippen LogP contribution >= 0.6 is 11.3 Å². The van der Waals surface area contributed by atoms with Crippen molar-refractivity contribution >= 4 is 38.1 Å². The fourth-order valence-corrected chi connectivity index (χ4v) is 4.13. The molecule has 0 bridgehead atoms. The molecule has 0 atom stereocenters. The predicted molar refractivity (Wildman–Crippen MR) is 110 cm³/mol. The number of rotatable bonds is 7. The van der Waals surface area contributed by atoms with Crippen molar-refractivity contribution in [2.45, 2.75) is 18.7 Å². The highest BCUT2D eigenvalue weighted by Gasteiger charge is 2.16. The molecule has 3 rings (SSSR count). The van der Waals surface area contributed by atoms with Gasteiger partial charge in [-0.3, -0.25) is 14.8 Å². The van der Waals surface area contributed by atoms with Gasteiger partial charge in [0.2, 0.25) is 0 Å². The summed E-state index contributed by atoms with van der Waals surface area (Å²) < 4.78 is 33.0. The topological polar surface area (TPSA) is 97.4 Å². The molecule has 0 aliphatic carbocycles. The van der Waals surface area contributed by atoms with E-state index in [0.29, 0.717) is 23.1 Å². The Morgan fingerprint density at radius 1 is 1.18 bits per heavy atom. The van der Waals surface area contributed by atoms with Crippen LogP contribution in [0.3, 0.4) is 0 Å². The molecule has 0 aliphatic rings. The number of benzene rings is 2. The zero-order chi connectivity index (χ0) is 20.1. The lowest BCUT2D eigenvalue weighted by Crippen LogP contribution is -2.15. The number of anilines is 2. The summed E-state index contributed by atoms with van der Waals surface area (Å²) >= 11 is 1.32. The monoisotopic (exact) mass is 417 g/mol. The highest BCUT2D eigenvalue weighted by atomic mass is 32.2. The third kappa shape index (κ3) is 4.87. The Bertz CT molecular complexity index is 1080. The Morgan fingerprint density at radius 2 is 1.93 bits per heavy atom. The summed E-state index contributed by atoms with van der Waals surface area (Å²) in [6.45, 7) is 4.19. The summed E-state index contributed by atoms with van der Waals surface area (Å²) in [6.07, 6.45) is 0. The van der Waals surface area contributed by atoms with Gasteiger partial charge in [0.1, 0.15) is 5.75 Å². The van der Waals surface area contributed by atoms with E-state index in [0.717, 1.165) is 5.69 Å². The number of ether oxygens (including phenoxy) is 1. The molecule has 0 radical (unpaired) electrons. The maximum Gasteiger partial charge on any atom is 0.261 e. The van der Waals surface area contributed by atoms with Gasteiger partial charge in [-0.2, -0.15) is 0 Å². The Hall–Kier alpha value is -2.91. The minimum absolute atomic E-state index is 0.101. The van der Waals surface area contributed by atoms with Crippen LogP contribution in [-0.4, -0.2) is 25.9 Å². The van der Waals surface area contributed by atoms with E-state index in [1.54, 1.807) is 30.3 Å². The van der Waals surface area contributed by atoms with E-state index < -0.39 is 10.0 Å². The second kappa shape index (κ2) is 8.41. The lowest BCUT2D eigenvalue weighted by Gasteiger charge is -2.10. The SMILES string of the molecule is CCOc1ccc(S(=O)(=O)Nc2cccc(C(=O)Nc3nc(C)cs3)c2)cc1. The highest BCUT2D eigenvalue weighted by molar-refractivity contribution is 7.92. The first-order valence-corrected chi connectivity index (χ1v) is 10.8. The van der Waals surface area contributed by atoms with Crippen LogP contribution in [0.25, 0.3) is 0 Å². The smallest absolute Gasteiger partial charge is 0.261 e. The average molecular weight is 418 g/mol. The molecule has 0 fully saturated rings. The second-order valence-corrected chi connectivity index (χ2v) is 8.38. The third-order valence-electron chi connectivity index (χ3n) is 3.66. The number of sulfonamides is 1. The lowest BCUT2D eigenvalue weighted by molar-refractivity contribution is 0.102. The van der Waals surface area contributed by atoms with Crippen LogP contribution in [0.4, 0.5) is 10.8 Å². The maximum atomic E-state index is 12.6. The van der Waals surface area contributed by atoms with Crippen molar-refractivity contribution in [1.82, 2.24) is 4.98 Å². The number of aryl methyl sites for hydroxylation is 1. The van der Waals surface area contributed by atoms with Crippen molar-refractivity contribution in [3.05, 3.63) is 65.2 Å². The van der Waals surface area contributed by atoms with Crippen molar-refractivity contribution in [2.24, 2.45) is 0 Å². The Morgan fingerprint density at radius 3 is 2.57 bits per heavy atom. The zero-order valence-electron chi connectivity index (χ0n) is 15.3. The van der Waals surface area contributed by atoms with E-state index in [9.17, 15) is 13.2 Å². The van der Waals surface area contributed by atoms with Crippen molar-refractivity contribution in [3.63, 3.8) is 0 Å². The number of thiazole rings is 1. The lowest BCUT2D eigenvalue weighted by atomic mass is 10.2. The van der Waals surface area contributed by atoms with Crippen molar-refractivity contribution < 1.29 is 17.9 Å². The normalized spacial score (nSPS) is 11.1. The minimum atomic E-state index is -3.79. The van der Waals surface area contributed by atoms with Crippen LogP contribution in [0.2, 0.25) is 0 Å². The molecular formula is C19H19N3O4S2. The predicted octanol–water partition coefficient (Wildman–Crippen LogP) is 3.90. The quantitative estimate of drug-likeness (QED) is 0.608. The van der Waals surface area contributed by atoms with Gasteiger partial charge in [0.05, 0.1) is 17.2 Å². The molecule has 3 aromatic rings. The fourth-order valence-electron chi connectivity index (χ4n) is 2.40. The van der Waals surface area contributed by atoms with E-state index >= 15 is 0 Å². The standard InChI is InChI=1S/C19H19N3O4S2/c1-3-26-16-7-9-17(10-8-16)28(24,25)22-15-6-4-5-14(11-15)18(23)21-19-20-13(2)12-27-19/h4-12,22H,3H2,1-2H3,(H,20,21,23). The molecule has 1 amide bonds. The van der Waals surface area contributed by atoms with Gasteiger partial charge in [0, 0.05) is 16.6 Å². The summed E-state index contributed by atoms with van der Waals surface area (Å²) in [5, 5.41) is 5.02. The molecule has 28 heavy (non-hydrogen) atoms. The van der Waals surface area contributed by atoms with Crippen LogP contribution in [0.5, 0.6) is 5.75 Å². The fraction of sp³-hybridized carbons (Fsp3) is 0.158. The van der Waals surface area contributed by atoms with Crippen LogP contribution in [0.1, 0.15) is 23.0 Å². The highest BCUT2D eigenvalue weighted by Crippen LogP contribution is 2.21. The van der Waals surface area contributed by atoms with Crippen LogP contribution in [0.15, 0.2) is 58.8 Å². The third-order valence-corrected chi connectivity index (χ3v) is 5.93. The van der Waals surface area contributed by atoms with Crippen LogP contribution in [-0.2, 0) is 10.0 Å². The maximum absolute atomic E-state index is 12.6. The molecule has 146 valence electrons. The van der Waals surface area contributed by atoms with Gasteiger partial charge in [0.25, 0.3) is 15.9 Å². The molecule has 9 heteroatoms. The van der Waals surface area contributed by atoms with Crippen LogP contribution < -0.4 is 14.8 Å². The number of aromatic nitrogens is 1. The van der Waals surface area contributed by atoms with Crippen molar-refractivity contribution in [1.29, 1.82) is 0 Å². The van der Waals surface area contributed by atoms with E-state index in [-0.39, 0.29) is 16.5 Å². The summed E-state index contributed by atoms with van der Waals surface area (Å²) in [5.74, 6) is 0.231. The Kier molecular flexibility index (Phi) is 5.96.